The molecule has 0 atom stereocenters. The van der Waals surface area contributed by atoms with Crippen molar-refractivity contribution in [1.82, 2.24) is 5.43 Å². The molecule has 0 aliphatic carbocycles. The predicted molar refractivity (Wildman–Crippen MR) is 89.4 cm³/mol. The maximum absolute atomic E-state index is 11.9. The lowest BCUT2D eigenvalue weighted by Crippen LogP contribution is -2.16. The van der Waals surface area contributed by atoms with Crippen LogP contribution in [0.5, 0.6) is 0 Å². The molecule has 2 aromatic heterocycles. The van der Waals surface area contributed by atoms with Crippen LogP contribution in [0.15, 0.2) is 50.3 Å². The fourth-order valence-electron chi connectivity index (χ4n) is 1.86. The summed E-state index contributed by atoms with van der Waals surface area (Å²) in [6.07, 6.45) is 1.35. The van der Waals surface area contributed by atoms with E-state index in [1.165, 1.54) is 30.5 Å². The van der Waals surface area contributed by atoms with Gasteiger partial charge < -0.3 is 8.83 Å². The fourth-order valence-corrected chi connectivity index (χ4v) is 2.30. The number of nitro benzene ring substituents is 1. The van der Waals surface area contributed by atoms with E-state index in [9.17, 15) is 14.9 Å². The third-order valence-electron chi connectivity index (χ3n) is 2.89. The zero-order chi connectivity index (χ0) is 16.4. The van der Waals surface area contributed by atoms with Crippen LogP contribution in [-0.2, 0) is 0 Å². The van der Waals surface area contributed by atoms with Crippen LogP contribution in [0, 0.1) is 13.9 Å². The monoisotopic (exact) mass is 425 g/mol. The summed E-state index contributed by atoms with van der Waals surface area (Å²) in [6.45, 7) is 0. The van der Waals surface area contributed by atoms with Crippen molar-refractivity contribution < 1.29 is 18.6 Å². The lowest BCUT2D eigenvalue weighted by Gasteiger charge is -1.93. The minimum Gasteiger partial charge on any atom is -0.451 e. The summed E-state index contributed by atoms with van der Waals surface area (Å²) in [6, 6.07) is 8.98. The molecule has 0 aliphatic heterocycles. The molecule has 0 aliphatic rings. The van der Waals surface area contributed by atoms with Crippen molar-refractivity contribution in [3.8, 4) is 0 Å². The average Bonchev–Trinajstić information content (AvgIpc) is 3.12. The van der Waals surface area contributed by atoms with E-state index in [-0.39, 0.29) is 11.4 Å². The molecule has 0 saturated heterocycles. The molecule has 3 rings (SSSR count). The number of non-ortho nitro benzene ring substituents is 1. The van der Waals surface area contributed by atoms with Crippen molar-refractivity contribution in [1.29, 1.82) is 0 Å². The number of carbonyl (C=O) groups is 1. The summed E-state index contributed by atoms with van der Waals surface area (Å²) in [5.41, 5.74) is 2.60. The van der Waals surface area contributed by atoms with Crippen molar-refractivity contribution in [3.05, 3.63) is 61.8 Å². The Hall–Kier alpha value is -2.69. The summed E-state index contributed by atoms with van der Waals surface area (Å²) in [4.78, 5) is 22.2. The van der Waals surface area contributed by atoms with Crippen molar-refractivity contribution >= 4 is 51.4 Å². The average molecular weight is 425 g/mol. The van der Waals surface area contributed by atoms with Gasteiger partial charge in [0, 0.05) is 17.5 Å². The van der Waals surface area contributed by atoms with Crippen molar-refractivity contribution in [2.45, 2.75) is 0 Å². The number of nitrogens with one attached hydrogen (secondary N) is 1. The maximum atomic E-state index is 11.9. The Morgan fingerprint density at radius 2 is 2.09 bits per heavy atom. The second kappa shape index (κ2) is 6.20. The smallest absolute Gasteiger partial charge is 0.307 e. The number of nitrogens with zero attached hydrogens (tertiary/aromatic N) is 2. The first kappa shape index (κ1) is 15.2. The van der Waals surface area contributed by atoms with Gasteiger partial charge in [-0.25, -0.2) is 5.43 Å². The summed E-state index contributed by atoms with van der Waals surface area (Å²) >= 11 is 2.01. The van der Waals surface area contributed by atoms with Gasteiger partial charge in [-0.1, -0.05) is 0 Å². The largest absolute Gasteiger partial charge is 0.451 e. The third kappa shape index (κ3) is 3.39. The van der Waals surface area contributed by atoms with Crippen LogP contribution in [0.2, 0.25) is 0 Å². The number of rotatable bonds is 4. The zero-order valence-corrected chi connectivity index (χ0v) is 13.5. The number of fused-ring (bicyclic) bond motifs is 1. The molecule has 23 heavy (non-hydrogen) atoms. The van der Waals surface area contributed by atoms with Crippen molar-refractivity contribution in [2.24, 2.45) is 5.10 Å². The van der Waals surface area contributed by atoms with Gasteiger partial charge in [-0.3, -0.25) is 14.9 Å². The van der Waals surface area contributed by atoms with Crippen LogP contribution in [0.25, 0.3) is 11.0 Å². The predicted octanol–water partition coefficient (Wildman–Crippen LogP) is 3.30. The number of carbonyl (C=O) groups excluding carboxylic acids is 1. The Balaban J connectivity index is 1.75. The highest BCUT2D eigenvalue weighted by Crippen LogP contribution is 2.24. The minimum atomic E-state index is -0.568. The number of halogens is 1. The Kier molecular flexibility index (Phi) is 4.10. The van der Waals surface area contributed by atoms with E-state index in [2.05, 4.69) is 10.5 Å². The molecule has 9 heteroatoms. The van der Waals surface area contributed by atoms with Crippen LogP contribution in [0.4, 0.5) is 5.69 Å². The first-order valence-corrected chi connectivity index (χ1v) is 7.37. The number of amides is 1. The SMILES string of the molecule is O=C(N/N=C/c1ccc(I)o1)c1cc2cc([N+](=O)[O-])ccc2o1. The molecule has 8 nitrogen and oxygen atoms in total. The standard InChI is InChI=1S/C14H8IN3O5/c15-13-4-2-10(22-13)7-16-17-14(19)12-6-8-5-9(18(20)21)1-3-11(8)23-12/h1-7H,(H,17,19)/b16-7+. The first-order chi connectivity index (χ1) is 11.0. The van der Waals surface area contributed by atoms with Gasteiger partial charge >= 0.3 is 5.91 Å². The van der Waals surface area contributed by atoms with E-state index in [1.807, 2.05) is 22.6 Å². The quantitative estimate of drug-likeness (QED) is 0.299. The van der Waals surface area contributed by atoms with Crippen LogP contribution < -0.4 is 5.43 Å². The number of hydrazone groups is 1. The number of furan rings is 2. The van der Waals surface area contributed by atoms with Crippen LogP contribution >= 0.6 is 22.6 Å². The minimum absolute atomic E-state index is 0.00618. The molecule has 0 fully saturated rings. The molecule has 0 bridgehead atoms. The molecule has 1 aromatic carbocycles. The fraction of sp³-hybridized carbons (Fsp3) is 0. The van der Waals surface area contributed by atoms with E-state index in [0.29, 0.717) is 20.5 Å². The lowest BCUT2D eigenvalue weighted by molar-refractivity contribution is -0.384. The molecule has 0 unspecified atom stereocenters. The highest BCUT2D eigenvalue weighted by Gasteiger charge is 2.14. The van der Waals surface area contributed by atoms with Crippen LogP contribution in [0.3, 0.4) is 0 Å². The highest BCUT2D eigenvalue weighted by molar-refractivity contribution is 14.1. The molecule has 3 aromatic rings. The molecule has 0 radical (unpaired) electrons. The molecular weight excluding hydrogens is 417 g/mol. The van der Waals surface area contributed by atoms with E-state index in [0.717, 1.165) is 0 Å². The Morgan fingerprint density at radius 3 is 2.78 bits per heavy atom. The molecule has 1 N–H and O–H groups in total. The van der Waals surface area contributed by atoms with Gasteiger partial charge in [0.25, 0.3) is 5.69 Å². The van der Waals surface area contributed by atoms with Crippen molar-refractivity contribution in [2.75, 3.05) is 0 Å². The van der Waals surface area contributed by atoms with Gasteiger partial charge in [-0.2, -0.15) is 5.10 Å². The van der Waals surface area contributed by atoms with E-state index >= 15 is 0 Å². The van der Waals surface area contributed by atoms with E-state index < -0.39 is 10.8 Å². The van der Waals surface area contributed by atoms with Gasteiger partial charge in [0.15, 0.2) is 9.53 Å². The topological polar surface area (TPSA) is 111 Å². The van der Waals surface area contributed by atoms with Crippen LogP contribution in [0.1, 0.15) is 16.3 Å². The Bertz CT molecular complexity index is 928. The lowest BCUT2D eigenvalue weighted by atomic mass is 10.2. The summed E-state index contributed by atoms with van der Waals surface area (Å²) in [5, 5.41) is 15.0. The van der Waals surface area contributed by atoms with Gasteiger partial charge in [-0.05, 0) is 46.9 Å². The van der Waals surface area contributed by atoms with Gasteiger partial charge in [-0.15, -0.1) is 0 Å². The molecule has 0 spiro atoms. The second-order valence-electron chi connectivity index (χ2n) is 4.43. The van der Waals surface area contributed by atoms with E-state index in [4.69, 9.17) is 8.83 Å². The third-order valence-corrected chi connectivity index (χ3v) is 3.47. The summed E-state index contributed by atoms with van der Waals surface area (Å²) < 4.78 is 11.3. The first-order valence-electron chi connectivity index (χ1n) is 6.29. The van der Waals surface area contributed by atoms with Gasteiger partial charge in [0.1, 0.15) is 11.3 Å². The van der Waals surface area contributed by atoms with Crippen LogP contribution in [-0.4, -0.2) is 17.0 Å². The normalized spacial score (nSPS) is 11.2. The summed E-state index contributed by atoms with van der Waals surface area (Å²) in [7, 11) is 0. The molecule has 2 heterocycles. The van der Waals surface area contributed by atoms with Gasteiger partial charge in [0.05, 0.1) is 11.1 Å². The Morgan fingerprint density at radius 1 is 1.26 bits per heavy atom. The number of benzene rings is 1. The number of nitro groups is 1. The Labute approximate surface area is 142 Å². The second-order valence-corrected chi connectivity index (χ2v) is 5.49. The maximum Gasteiger partial charge on any atom is 0.307 e. The number of hydrogen-bond acceptors (Lipinski definition) is 6. The van der Waals surface area contributed by atoms with Gasteiger partial charge in [0.2, 0.25) is 0 Å². The zero-order valence-electron chi connectivity index (χ0n) is 11.4. The molecule has 1 amide bonds. The highest BCUT2D eigenvalue weighted by atomic mass is 127. The van der Waals surface area contributed by atoms with Crippen molar-refractivity contribution in [3.63, 3.8) is 0 Å². The van der Waals surface area contributed by atoms with E-state index in [1.54, 1.807) is 12.1 Å². The molecule has 0 saturated carbocycles. The number of hydrogen-bond donors (Lipinski definition) is 1. The molecule has 116 valence electrons. The molecular formula is C14H8IN3O5. The summed E-state index contributed by atoms with van der Waals surface area (Å²) in [5.74, 6) is -0.0667.